The zero-order valence-electron chi connectivity index (χ0n) is 9.80. The van der Waals surface area contributed by atoms with Gasteiger partial charge in [0.25, 0.3) is 0 Å². The van der Waals surface area contributed by atoms with Crippen molar-refractivity contribution in [2.24, 2.45) is 0 Å². The number of aryl methyl sites for hydroxylation is 1. The first-order valence-electron chi connectivity index (χ1n) is 5.16. The van der Waals surface area contributed by atoms with Crippen molar-refractivity contribution in [3.05, 3.63) is 23.4 Å². The van der Waals surface area contributed by atoms with E-state index in [9.17, 15) is 9.90 Å². The van der Waals surface area contributed by atoms with E-state index in [1.54, 1.807) is 13.0 Å². The quantitative estimate of drug-likeness (QED) is 0.671. The van der Waals surface area contributed by atoms with Crippen LogP contribution in [0, 0.1) is 6.92 Å². The molecule has 0 saturated carbocycles. The van der Waals surface area contributed by atoms with Crippen LogP contribution in [0.2, 0.25) is 0 Å². The van der Waals surface area contributed by atoms with Crippen LogP contribution in [0.5, 0.6) is 0 Å². The number of carboxylic acids is 1. The molecule has 1 heterocycles. The number of hydrogen-bond donors (Lipinski definition) is 3. The second kappa shape index (κ2) is 6.17. The molecule has 6 heteroatoms. The van der Waals surface area contributed by atoms with E-state index in [2.05, 4.69) is 10.3 Å². The van der Waals surface area contributed by atoms with Gasteiger partial charge in [-0.05, 0) is 19.1 Å². The number of hydrogen-bond acceptors (Lipinski definition) is 5. The van der Waals surface area contributed by atoms with E-state index in [1.165, 1.54) is 13.2 Å². The Balaban J connectivity index is 2.75. The van der Waals surface area contributed by atoms with Gasteiger partial charge in [0.1, 0.15) is 11.4 Å². The predicted molar refractivity (Wildman–Crippen MR) is 62.3 cm³/mol. The lowest BCUT2D eigenvalue weighted by atomic mass is 10.2. The van der Waals surface area contributed by atoms with Gasteiger partial charge in [0.15, 0.2) is 0 Å². The third kappa shape index (κ3) is 4.01. The Morgan fingerprint density at radius 1 is 1.59 bits per heavy atom. The maximum atomic E-state index is 10.9. The van der Waals surface area contributed by atoms with Gasteiger partial charge < -0.3 is 20.3 Å². The highest BCUT2D eigenvalue weighted by molar-refractivity contribution is 5.93. The molecule has 0 bridgehead atoms. The summed E-state index contributed by atoms with van der Waals surface area (Å²) in [7, 11) is 1.48. The van der Waals surface area contributed by atoms with Gasteiger partial charge in [0, 0.05) is 19.3 Å². The van der Waals surface area contributed by atoms with E-state index in [4.69, 9.17) is 9.84 Å². The minimum absolute atomic E-state index is 0.0835. The summed E-state index contributed by atoms with van der Waals surface area (Å²) >= 11 is 0. The number of anilines is 1. The third-order valence-corrected chi connectivity index (χ3v) is 2.13. The van der Waals surface area contributed by atoms with Crippen molar-refractivity contribution in [2.75, 3.05) is 25.6 Å². The fourth-order valence-electron chi connectivity index (χ4n) is 1.33. The monoisotopic (exact) mass is 240 g/mol. The van der Waals surface area contributed by atoms with Crippen LogP contribution in [0.15, 0.2) is 12.1 Å². The number of aromatic carboxylic acids is 1. The minimum atomic E-state index is -1.05. The Morgan fingerprint density at radius 3 is 2.88 bits per heavy atom. The number of carboxylic acid groups (broad SMARTS) is 1. The average molecular weight is 240 g/mol. The Hall–Kier alpha value is -1.66. The standard InChI is InChI=1S/C11H16N2O4/c1-7-3-4-9(11(15)16)10(13-7)12-5-8(14)6-17-2/h3-4,8,14H,5-6H2,1-2H3,(H,12,13)(H,15,16). The summed E-state index contributed by atoms with van der Waals surface area (Å²) in [5.74, 6) is -0.797. The molecule has 0 spiro atoms. The molecule has 0 aliphatic heterocycles. The molecule has 6 nitrogen and oxygen atoms in total. The van der Waals surface area contributed by atoms with Crippen molar-refractivity contribution in [2.45, 2.75) is 13.0 Å². The van der Waals surface area contributed by atoms with E-state index in [0.717, 1.165) is 0 Å². The number of pyridine rings is 1. The van der Waals surface area contributed by atoms with E-state index < -0.39 is 12.1 Å². The minimum Gasteiger partial charge on any atom is -0.478 e. The first kappa shape index (κ1) is 13.4. The molecular formula is C11H16N2O4. The molecule has 1 atom stereocenters. The Labute approximate surface area is 99.3 Å². The zero-order valence-corrected chi connectivity index (χ0v) is 9.80. The lowest BCUT2D eigenvalue weighted by molar-refractivity contribution is 0.0693. The number of aromatic nitrogens is 1. The van der Waals surface area contributed by atoms with Crippen molar-refractivity contribution in [3.8, 4) is 0 Å². The highest BCUT2D eigenvalue weighted by Gasteiger charge is 2.12. The van der Waals surface area contributed by atoms with Gasteiger partial charge in [0.05, 0.1) is 12.7 Å². The molecule has 1 unspecified atom stereocenters. The molecule has 0 amide bonds. The average Bonchev–Trinajstić information content (AvgIpc) is 2.26. The Bertz CT molecular complexity index is 395. The van der Waals surface area contributed by atoms with Gasteiger partial charge in [-0.25, -0.2) is 9.78 Å². The number of aliphatic hydroxyl groups is 1. The zero-order chi connectivity index (χ0) is 12.8. The number of carbonyl (C=O) groups is 1. The summed E-state index contributed by atoms with van der Waals surface area (Å²) in [5.41, 5.74) is 0.791. The van der Waals surface area contributed by atoms with Crippen molar-refractivity contribution in [1.82, 2.24) is 4.98 Å². The number of ether oxygens (including phenoxy) is 1. The molecule has 0 aliphatic rings. The third-order valence-electron chi connectivity index (χ3n) is 2.13. The van der Waals surface area contributed by atoms with Crippen molar-refractivity contribution in [3.63, 3.8) is 0 Å². The molecule has 0 radical (unpaired) electrons. The van der Waals surface area contributed by atoms with Crippen molar-refractivity contribution >= 4 is 11.8 Å². The van der Waals surface area contributed by atoms with Gasteiger partial charge in [-0.15, -0.1) is 0 Å². The summed E-state index contributed by atoms with van der Waals surface area (Å²) < 4.78 is 4.77. The summed E-state index contributed by atoms with van der Waals surface area (Å²) in [6.45, 7) is 2.13. The van der Waals surface area contributed by atoms with E-state index in [-0.39, 0.29) is 24.5 Å². The van der Waals surface area contributed by atoms with Gasteiger partial charge in [-0.2, -0.15) is 0 Å². The first-order valence-corrected chi connectivity index (χ1v) is 5.16. The second-order valence-electron chi connectivity index (χ2n) is 3.64. The number of rotatable bonds is 6. The second-order valence-corrected chi connectivity index (χ2v) is 3.64. The highest BCUT2D eigenvalue weighted by Crippen LogP contribution is 2.13. The van der Waals surface area contributed by atoms with E-state index in [1.807, 2.05) is 0 Å². The molecule has 0 saturated heterocycles. The molecule has 3 N–H and O–H groups in total. The van der Waals surface area contributed by atoms with Crippen LogP contribution in [0.25, 0.3) is 0 Å². The number of aliphatic hydroxyl groups excluding tert-OH is 1. The van der Waals surface area contributed by atoms with Gasteiger partial charge in [-0.3, -0.25) is 0 Å². The first-order chi connectivity index (χ1) is 8.04. The van der Waals surface area contributed by atoms with Gasteiger partial charge in [0.2, 0.25) is 0 Å². The van der Waals surface area contributed by atoms with Crippen LogP contribution < -0.4 is 5.32 Å². The maximum absolute atomic E-state index is 10.9. The number of nitrogens with zero attached hydrogens (tertiary/aromatic N) is 1. The summed E-state index contributed by atoms with van der Waals surface area (Å²) in [6.07, 6.45) is -0.705. The fourth-order valence-corrected chi connectivity index (χ4v) is 1.33. The SMILES string of the molecule is COCC(O)CNc1nc(C)ccc1C(=O)O. The number of nitrogens with one attached hydrogen (secondary N) is 1. The summed E-state index contributed by atoms with van der Waals surface area (Å²) in [4.78, 5) is 15.0. The molecule has 1 aromatic rings. The van der Waals surface area contributed by atoms with Crippen LogP contribution in [-0.4, -0.2) is 47.5 Å². The molecule has 94 valence electrons. The largest absolute Gasteiger partial charge is 0.478 e. The van der Waals surface area contributed by atoms with Gasteiger partial charge >= 0.3 is 5.97 Å². The van der Waals surface area contributed by atoms with Crippen LogP contribution >= 0.6 is 0 Å². The smallest absolute Gasteiger partial charge is 0.339 e. The van der Waals surface area contributed by atoms with E-state index >= 15 is 0 Å². The molecular weight excluding hydrogens is 224 g/mol. The maximum Gasteiger partial charge on any atom is 0.339 e. The van der Waals surface area contributed by atoms with Crippen molar-refractivity contribution in [1.29, 1.82) is 0 Å². The van der Waals surface area contributed by atoms with E-state index in [0.29, 0.717) is 5.69 Å². The summed E-state index contributed by atoms with van der Waals surface area (Å²) in [6, 6.07) is 3.11. The Morgan fingerprint density at radius 2 is 2.29 bits per heavy atom. The molecule has 1 aromatic heterocycles. The predicted octanol–water partition coefficient (Wildman–Crippen LogP) is 0.507. The Kier molecular flexibility index (Phi) is 4.86. The summed E-state index contributed by atoms with van der Waals surface area (Å²) in [5, 5.41) is 21.2. The van der Waals surface area contributed by atoms with Crippen LogP contribution in [0.3, 0.4) is 0 Å². The lowest BCUT2D eigenvalue weighted by Gasteiger charge is -2.13. The molecule has 0 fully saturated rings. The molecule has 17 heavy (non-hydrogen) atoms. The highest BCUT2D eigenvalue weighted by atomic mass is 16.5. The van der Waals surface area contributed by atoms with Gasteiger partial charge in [-0.1, -0.05) is 0 Å². The van der Waals surface area contributed by atoms with Crippen LogP contribution in [0.4, 0.5) is 5.82 Å². The normalized spacial score (nSPS) is 12.2. The topological polar surface area (TPSA) is 91.7 Å². The number of methoxy groups -OCH3 is 1. The molecule has 1 rings (SSSR count). The molecule has 0 aromatic carbocycles. The van der Waals surface area contributed by atoms with Crippen LogP contribution in [0.1, 0.15) is 16.1 Å². The molecule has 0 aliphatic carbocycles. The lowest BCUT2D eigenvalue weighted by Crippen LogP contribution is -2.25. The van der Waals surface area contributed by atoms with Crippen molar-refractivity contribution < 1.29 is 19.7 Å². The fraction of sp³-hybridized carbons (Fsp3) is 0.455. The van der Waals surface area contributed by atoms with Crippen LogP contribution in [-0.2, 0) is 4.74 Å².